The molecule has 0 saturated heterocycles. The van der Waals surface area contributed by atoms with Crippen LogP contribution in [0.15, 0.2) is 35.2 Å². The van der Waals surface area contributed by atoms with Gasteiger partial charge >= 0.3 is 5.97 Å². The predicted molar refractivity (Wildman–Crippen MR) is 87.4 cm³/mol. The van der Waals surface area contributed by atoms with Gasteiger partial charge < -0.3 is 5.11 Å². The minimum atomic E-state index is -4.00. The topological polar surface area (TPSA) is 83.5 Å². The number of aromatic carboxylic acids is 1. The lowest BCUT2D eigenvalue weighted by Gasteiger charge is -2.13. The highest BCUT2D eigenvalue weighted by Crippen LogP contribution is 2.31. The number of hydrogen-bond donors (Lipinski definition) is 2. The van der Waals surface area contributed by atoms with E-state index in [0.717, 1.165) is 18.1 Å². The molecule has 1 aliphatic carbocycles. The largest absolute Gasteiger partial charge is 0.478 e. The van der Waals surface area contributed by atoms with E-state index in [4.69, 9.17) is 0 Å². The second-order valence-corrected chi connectivity index (χ2v) is 7.49. The average molecular weight is 349 g/mol. The number of nitrogens with one attached hydrogen (secondary N) is 1. The van der Waals surface area contributed by atoms with Crippen LogP contribution in [0.5, 0.6) is 0 Å². The number of hydrogen-bond acceptors (Lipinski definition) is 3. The van der Waals surface area contributed by atoms with E-state index >= 15 is 0 Å². The van der Waals surface area contributed by atoms with Crippen molar-refractivity contribution in [3.05, 3.63) is 58.4 Å². The predicted octanol–water partition coefficient (Wildman–Crippen LogP) is 3.12. The molecule has 0 bridgehead atoms. The molecule has 126 valence electrons. The quantitative estimate of drug-likeness (QED) is 0.888. The Hall–Kier alpha value is -2.41. The maximum atomic E-state index is 13.6. The van der Waals surface area contributed by atoms with Gasteiger partial charge in [0, 0.05) is 0 Å². The van der Waals surface area contributed by atoms with E-state index in [1.54, 1.807) is 6.92 Å². The van der Waals surface area contributed by atoms with Crippen molar-refractivity contribution in [2.45, 2.75) is 31.1 Å². The molecule has 0 unspecified atom stereocenters. The van der Waals surface area contributed by atoms with Crippen molar-refractivity contribution in [2.75, 3.05) is 4.72 Å². The fraction of sp³-hybridized carbons (Fsp3) is 0.235. The lowest BCUT2D eigenvalue weighted by atomic mass is 10.1. The normalized spacial score (nSPS) is 13.6. The lowest BCUT2D eigenvalue weighted by Crippen LogP contribution is -2.16. The average Bonchev–Trinajstić information content (AvgIpc) is 2.97. The monoisotopic (exact) mass is 349 g/mol. The Morgan fingerprint density at radius 2 is 1.96 bits per heavy atom. The number of anilines is 1. The van der Waals surface area contributed by atoms with E-state index in [2.05, 4.69) is 4.72 Å². The summed E-state index contributed by atoms with van der Waals surface area (Å²) >= 11 is 0. The summed E-state index contributed by atoms with van der Waals surface area (Å²) in [6.45, 7) is 1.58. The maximum absolute atomic E-state index is 13.6. The Bertz CT molecular complexity index is 938. The minimum Gasteiger partial charge on any atom is -0.478 e. The van der Waals surface area contributed by atoms with Gasteiger partial charge in [0.1, 0.15) is 5.82 Å². The van der Waals surface area contributed by atoms with Crippen LogP contribution < -0.4 is 4.72 Å². The van der Waals surface area contributed by atoms with Crippen LogP contribution in [0.3, 0.4) is 0 Å². The number of carbonyl (C=O) groups is 1. The SMILES string of the molecule is Cc1ccc(NS(=O)(=O)c2cc(C(=O)O)cc3c2CCC3)cc1F. The second-order valence-electron chi connectivity index (χ2n) is 5.84. The van der Waals surface area contributed by atoms with Crippen molar-refractivity contribution < 1.29 is 22.7 Å². The van der Waals surface area contributed by atoms with Crippen molar-refractivity contribution in [2.24, 2.45) is 0 Å². The van der Waals surface area contributed by atoms with Gasteiger partial charge in [0.25, 0.3) is 10.0 Å². The van der Waals surface area contributed by atoms with Gasteiger partial charge in [0.2, 0.25) is 0 Å². The Balaban J connectivity index is 2.06. The molecule has 1 aliphatic rings. The third kappa shape index (κ3) is 2.99. The van der Waals surface area contributed by atoms with Crippen molar-refractivity contribution >= 4 is 21.7 Å². The van der Waals surface area contributed by atoms with Crippen LogP contribution in [-0.2, 0) is 22.9 Å². The fourth-order valence-electron chi connectivity index (χ4n) is 2.90. The van der Waals surface area contributed by atoms with Gasteiger partial charge in [-0.3, -0.25) is 4.72 Å². The smallest absolute Gasteiger partial charge is 0.335 e. The third-order valence-electron chi connectivity index (χ3n) is 4.13. The molecule has 2 aromatic carbocycles. The van der Waals surface area contributed by atoms with E-state index in [-0.39, 0.29) is 16.1 Å². The number of halogens is 1. The van der Waals surface area contributed by atoms with Gasteiger partial charge in [-0.05, 0) is 67.1 Å². The number of rotatable bonds is 4. The molecule has 2 aromatic rings. The number of benzene rings is 2. The number of carboxylic acids is 1. The van der Waals surface area contributed by atoms with Crippen molar-refractivity contribution in [3.63, 3.8) is 0 Å². The molecule has 0 saturated carbocycles. The molecule has 0 atom stereocenters. The van der Waals surface area contributed by atoms with Crippen LogP contribution in [0.1, 0.15) is 33.5 Å². The summed E-state index contributed by atoms with van der Waals surface area (Å²) in [5, 5.41) is 9.20. The Morgan fingerprint density at radius 3 is 2.62 bits per heavy atom. The van der Waals surface area contributed by atoms with Gasteiger partial charge in [-0.25, -0.2) is 17.6 Å². The summed E-state index contributed by atoms with van der Waals surface area (Å²) in [6.07, 6.45) is 2.01. The molecule has 5 nitrogen and oxygen atoms in total. The number of carboxylic acid groups (broad SMARTS) is 1. The zero-order valence-electron chi connectivity index (χ0n) is 13.0. The van der Waals surface area contributed by atoms with Crippen LogP contribution in [0.4, 0.5) is 10.1 Å². The summed E-state index contributed by atoms with van der Waals surface area (Å²) in [4.78, 5) is 11.2. The molecule has 3 rings (SSSR count). The highest BCUT2D eigenvalue weighted by atomic mass is 32.2. The van der Waals surface area contributed by atoms with Crippen molar-refractivity contribution in [1.29, 1.82) is 0 Å². The highest BCUT2D eigenvalue weighted by Gasteiger charge is 2.26. The first-order valence-electron chi connectivity index (χ1n) is 7.46. The van der Waals surface area contributed by atoms with Crippen molar-refractivity contribution in [1.82, 2.24) is 0 Å². The fourth-order valence-corrected chi connectivity index (χ4v) is 4.28. The molecule has 0 heterocycles. The van der Waals surface area contributed by atoms with Crippen LogP contribution in [0.2, 0.25) is 0 Å². The molecule has 0 fully saturated rings. The zero-order valence-corrected chi connectivity index (χ0v) is 13.8. The lowest BCUT2D eigenvalue weighted by molar-refractivity contribution is 0.0696. The van der Waals surface area contributed by atoms with Crippen LogP contribution in [0.25, 0.3) is 0 Å². The standard InChI is InChI=1S/C17H16FNO4S/c1-10-5-6-13(9-15(10)18)19-24(22,23)16-8-12(17(20)21)7-11-3-2-4-14(11)16/h5-9,19H,2-4H2,1H3,(H,20,21). The van der Waals surface area contributed by atoms with Gasteiger partial charge in [-0.1, -0.05) is 6.07 Å². The molecule has 2 N–H and O–H groups in total. The van der Waals surface area contributed by atoms with Crippen LogP contribution in [0, 0.1) is 12.7 Å². The van der Waals surface area contributed by atoms with Crippen LogP contribution >= 0.6 is 0 Å². The Labute approximate surface area is 139 Å². The zero-order chi connectivity index (χ0) is 17.5. The number of fused-ring (bicyclic) bond motifs is 1. The summed E-state index contributed by atoms with van der Waals surface area (Å²) in [6, 6.07) is 6.74. The molecule has 0 amide bonds. The van der Waals surface area contributed by atoms with E-state index in [1.807, 2.05) is 0 Å². The van der Waals surface area contributed by atoms with Gasteiger partial charge in [-0.15, -0.1) is 0 Å². The van der Waals surface area contributed by atoms with E-state index in [9.17, 15) is 22.7 Å². The van der Waals surface area contributed by atoms with Crippen LogP contribution in [-0.4, -0.2) is 19.5 Å². The highest BCUT2D eigenvalue weighted by molar-refractivity contribution is 7.92. The molecular weight excluding hydrogens is 333 g/mol. The Morgan fingerprint density at radius 1 is 1.21 bits per heavy atom. The van der Waals surface area contributed by atoms with E-state index in [0.29, 0.717) is 24.0 Å². The van der Waals surface area contributed by atoms with Gasteiger partial charge in [0.15, 0.2) is 0 Å². The summed E-state index contributed by atoms with van der Waals surface area (Å²) in [5.41, 5.74) is 1.83. The first kappa shape index (κ1) is 16.4. The molecule has 24 heavy (non-hydrogen) atoms. The van der Waals surface area contributed by atoms with Crippen molar-refractivity contribution in [3.8, 4) is 0 Å². The Kier molecular flexibility index (Phi) is 4.04. The molecule has 0 aliphatic heterocycles. The van der Waals surface area contributed by atoms with E-state index < -0.39 is 21.8 Å². The molecule has 7 heteroatoms. The maximum Gasteiger partial charge on any atom is 0.335 e. The summed E-state index contributed by atoms with van der Waals surface area (Å²) in [5.74, 6) is -1.69. The molecule has 0 spiro atoms. The molecular formula is C17H16FNO4S. The first-order valence-corrected chi connectivity index (χ1v) is 8.94. The number of aryl methyl sites for hydroxylation is 2. The van der Waals surface area contributed by atoms with Gasteiger partial charge in [-0.2, -0.15) is 0 Å². The summed E-state index contributed by atoms with van der Waals surface area (Å²) < 4.78 is 41.4. The number of sulfonamides is 1. The molecule has 0 aromatic heterocycles. The first-order chi connectivity index (χ1) is 11.3. The minimum absolute atomic E-state index is 0.0455. The van der Waals surface area contributed by atoms with E-state index in [1.165, 1.54) is 24.3 Å². The second kappa shape index (κ2) is 5.90. The third-order valence-corrected chi connectivity index (χ3v) is 5.58. The summed E-state index contributed by atoms with van der Waals surface area (Å²) in [7, 11) is -4.00. The molecule has 0 radical (unpaired) electrons. The van der Waals surface area contributed by atoms with Gasteiger partial charge in [0.05, 0.1) is 16.1 Å².